The van der Waals surface area contributed by atoms with E-state index in [0.29, 0.717) is 18.8 Å². The van der Waals surface area contributed by atoms with Gasteiger partial charge >= 0.3 is 5.00 Å². The lowest BCUT2D eigenvalue weighted by Gasteiger charge is -1.97. The fourth-order valence-electron chi connectivity index (χ4n) is 1.28. The number of tetrazole rings is 1. The molecule has 0 aromatic carbocycles. The molecule has 102 valence electrons. The zero-order valence-electron chi connectivity index (χ0n) is 9.33. The third-order valence-electron chi connectivity index (χ3n) is 2.04. The minimum atomic E-state index is -0.452. The van der Waals surface area contributed by atoms with Crippen molar-refractivity contribution in [1.29, 1.82) is 0 Å². The molecule has 20 heavy (non-hydrogen) atoms. The number of hydrogen-bond acceptors (Lipinski definition) is 9. The van der Waals surface area contributed by atoms with Crippen LogP contribution in [-0.4, -0.2) is 30.1 Å². The van der Waals surface area contributed by atoms with Crippen LogP contribution in [0, 0.1) is 10.1 Å². The van der Waals surface area contributed by atoms with Crippen LogP contribution in [0.1, 0.15) is 0 Å². The standard InChI is InChI=1S/C8H3ClN6O2S3/c9-4-3-10-8(18-4)20-7-11-12-13-14(7)5-1-2-6(19-5)15(16)17/h1-3H. The van der Waals surface area contributed by atoms with Crippen LogP contribution in [-0.2, 0) is 0 Å². The van der Waals surface area contributed by atoms with Gasteiger partial charge in [-0.25, -0.2) is 4.98 Å². The Morgan fingerprint density at radius 2 is 2.25 bits per heavy atom. The molecule has 0 N–H and O–H groups in total. The van der Waals surface area contributed by atoms with Crippen molar-refractivity contribution in [2.75, 3.05) is 0 Å². The Morgan fingerprint density at radius 1 is 1.40 bits per heavy atom. The van der Waals surface area contributed by atoms with E-state index < -0.39 is 4.92 Å². The predicted octanol–water partition coefficient (Wildman–Crippen LogP) is 2.89. The molecular formula is C8H3ClN6O2S3. The van der Waals surface area contributed by atoms with Gasteiger partial charge in [-0.1, -0.05) is 22.9 Å². The molecule has 8 nitrogen and oxygen atoms in total. The summed E-state index contributed by atoms with van der Waals surface area (Å²) in [7, 11) is 0. The number of aromatic nitrogens is 5. The summed E-state index contributed by atoms with van der Waals surface area (Å²) < 4.78 is 2.69. The molecule has 0 saturated heterocycles. The maximum Gasteiger partial charge on any atom is 0.326 e. The van der Waals surface area contributed by atoms with Crippen LogP contribution in [0.5, 0.6) is 0 Å². The first-order valence-electron chi connectivity index (χ1n) is 4.95. The first-order valence-corrected chi connectivity index (χ1v) is 7.78. The minimum absolute atomic E-state index is 0.0312. The van der Waals surface area contributed by atoms with Crippen molar-refractivity contribution >= 4 is 51.0 Å². The fraction of sp³-hybridized carbons (Fsp3) is 0. The molecule has 0 radical (unpaired) electrons. The molecule has 0 aliphatic rings. The molecule has 3 heterocycles. The van der Waals surface area contributed by atoms with Crippen LogP contribution in [0.3, 0.4) is 0 Å². The largest absolute Gasteiger partial charge is 0.326 e. The number of nitro groups is 1. The van der Waals surface area contributed by atoms with Crippen LogP contribution in [0.2, 0.25) is 4.34 Å². The number of rotatable bonds is 4. The van der Waals surface area contributed by atoms with Gasteiger partial charge in [0.15, 0.2) is 4.34 Å². The van der Waals surface area contributed by atoms with Crippen molar-refractivity contribution in [3.05, 3.63) is 32.8 Å². The third kappa shape index (κ3) is 2.65. The molecule has 0 spiro atoms. The van der Waals surface area contributed by atoms with Gasteiger partial charge in [-0.2, -0.15) is 4.68 Å². The summed E-state index contributed by atoms with van der Waals surface area (Å²) in [5.41, 5.74) is 0. The summed E-state index contributed by atoms with van der Waals surface area (Å²) in [5.74, 6) is 0. The minimum Gasteiger partial charge on any atom is -0.258 e. The maximum absolute atomic E-state index is 10.7. The van der Waals surface area contributed by atoms with E-state index in [1.165, 1.54) is 33.8 Å². The first kappa shape index (κ1) is 13.4. The van der Waals surface area contributed by atoms with Crippen molar-refractivity contribution in [3.8, 4) is 5.00 Å². The molecule has 3 rings (SSSR count). The molecule has 0 fully saturated rings. The van der Waals surface area contributed by atoms with E-state index in [1.807, 2.05) is 0 Å². The number of hydrogen-bond donors (Lipinski definition) is 0. The molecule has 0 atom stereocenters. The fourth-order valence-corrected chi connectivity index (χ4v) is 4.11. The third-order valence-corrected chi connectivity index (χ3v) is 5.18. The Morgan fingerprint density at radius 3 is 2.90 bits per heavy atom. The number of halogens is 1. The number of thiazole rings is 1. The van der Waals surface area contributed by atoms with Crippen molar-refractivity contribution in [3.63, 3.8) is 0 Å². The van der Waals surface area contributed by atoms with Gasteiger partial charge in [0.1, 0.15) is 9.34 Å². The molecule has 0 saturated carbocycles. The van der Waals surface area contributed by atoms with Crippen molar-refractivity contribution < 1.29 is 4.92 Å². The molecule has 0 aliphatic heterocycles. The van der Waals surface area contributed by atoms with Gasteiger partial charge in [-0.15, -0.1) is 5.10 Å². The summed E-state index contributed by atoms with van der Waals surface area (Å²) in [6.45, 7) is 0. The highest BCUT2D eigenvalue weighted by molar-refractivity contribution is 8.00. The molecule has 0 bridgehead atoms. The van der Waals surface area contributed by atoms with E-state index in [2.05, 4.69) is 20.5 Å². The smallest absolute Gasteiger partial charge is 0.258 e. The zero-order chi connectivity index (χ0) is 14.1. The van der Waals surface area contributed by atoms with E-state index in [1.54, 1.807) is 12.3 Å². The first-order chi connectivity index (χ1) is 9.63. The van der Waals surface area contributed by atoms with Gasteiger partial charge in [0.2, 0.25) is 5.16 Å². The summed E-state index contributed by atoms with van der Waals surface area (Å²) in [4.78, 5) is 14.3. The Kier molecular flexibility index (Phi) is 3.65. The van der Waals surface area contributed by atoms with Crippen LogP contribution < -0.4 is 0 Å². The lowest BCUT2D eigenvalue weighted by Crippen LogP contribution is -1.95. The van der Waals surface area contributed by atoms with Gasteiger partial charge < -0.3 is 0 Å². The molecule has 0 aliphatic carbocycles. The number of thiophene rings is 1. The average Bonchev–Trinajstić information content (AvgIpc) is 3.10. The van der Waals surface area contributed by atoms with Crippen LogP contribution in [0.15, 0.2) is 27.8 Å². The highest BCUT2D eigenvalue weighted by Gasteiger charge is 2.17. The van der Waals surface area contributed by atoms with Crippen LogP contribution >= 0.6 is 46.0 Å². The molecular weight excluding hydrogens is 344 g/mol. The predicted molar refractivity (Wildman–Crippen MR) is 74.9 cm³/mol. The highest BCUT2D eigenvalue weighted by Crippen LogP contribution is 2.34. The molecule has 0 unspecified atom stereocenters. The normalized spacial score (nSPS) is 10.8. The van der Waals surface area contributed by atoms with Gasteiger partial charge in [-0.05, 0) is 39.6 Å². The summed E-state index contributed by atoms with van der Waals surface area (Å²) in [6, 6.07) is 3.01. The highest BCUT2D eigenvalue weighted by atomic mass is 35.5. The average molecular weight is 347 g/mol. The maximum atomic E-state index is 10.7. The van der Waals surface area contributed by atoms with Gasteiger partial charge in [0.05, 0.1) is 11.1 Å². The molecule has 0 amide bonds. The Balaban J connectivity index is 1.91. The Bertz CT molecular complexity index is 768. The zero-order valence-corrected chi connectivity index (χ0v) is 12.5. The molecule has 3 aromatic heterocycles. The van der Waals surface area contributed by atoms with Crippen LogP contribution in [0.4, 0.5) is 5.00 Å². The summed E-state index contributed by atoms with van der Waals surface area (Å²) >= 11 is 9.34. The second-order valence-electron chi connectivity index (χ2n) is 3.27. The monoisotopic (exact) mass is 346 g/mol. The SMILES string of the molecule is O=[N+]([O-])c1ccc(-n2nnnc2Sc2ncc(Cl)s2)s1. The number of nitrogens with zero attached hydrogens (tertiary/aromatic N) is 6. The van der Waals surface area contributed by atoms with E-state index in [0.717, 1.165) is 11.3 Å². The molecule has 3 aromatic rings. The summed E-state index contributed by atoms with van der Waals surface area (Å²) in [5, 5.41) is 23.0. The summed E-state index contributed by atoms with van der Waals surface area (Å²) in [6.07, 6.45) is 1.54. The Hall–Kier alpha value is -1.56. The second kappa shape index (κ2) is 5.44. The lowest BCUT2D eigenvalue weighted by atomic mass is 10.6. The van der Waals surface area contributed by atoms with Gasteiger partial charge in [-0.3, -0.25) is 10.1 Å². The lowest BCUT2D eigenvalue weighted by molar-refractivity contribution is -0.380. The quantitative estimate of drug-likeness (QED) is 0.528. The molecule has 12 heteroatoms. The van der Waals surface area contributed by atoms with Gasteiger partial charge in [0, 0.05) is 6.07 Å². The van der Waals surface area contributed by atoms with Crippen molar-refractivity contribution in [1.82, 2.24) is 25.2 Å². The second-order valence-corrected chi connectivity index (χ2v) is 7.19. The van der Waals surface area contributed by atoms with E-state index in [4.69, 9.17) is 11.6 Å². The van der Waals surface area contributed by atoms with E-state index >= 15 is 0 Å². The van der Waals surface area contributed by atoms with E-state index in [9.17, 15) is 10.1 Å². The van der Waals surface area contributed by atoms with E-state index in [-0.39, 0.29) is 5.00 Å². The van der Waals surface area contributed by atoms with Crippen molar-refractivity contribution in [2.24, 2.45) is 0 Å². The van der Waals surface area contributed by atoms with Crippen LogP contribution in [0.25, 0.3) is 5.00 Å². The Labute approximate surface area is 128 Å². The topological polar surface area (TPSA) is 99.6 Å². The van der Waals surface area contributed by atoms with Gasteiger partial charge in [0.25, 0.3) is 0 Å². The van der Waals surface area contributed by atoms with Crippen molar-refractivity contribution in [2.45, 2.75) is 9.50 Å².